The molecule has 0 fully saturated rings. The van der Waals surface area contributed by atoms with Crippen molar-refractivity contribution in [2.75, 3.05) is 20.3 Å². The predicted molar refractivity (Wildman–Crippen MR) is 91.3 cm³/mol. The summed E-state index contributed by atoms with van der Waals surface area (Å²) in [6.07, 6.45) is 0. The zero-order chi connectivity index (χ0) is 18.2. The molecule has 6 nitrogen and oxygen atoms in total. The van der Waals surface area contributed by atoms with E-state index in [9.17, 15) is 14.4 Å². The molecule has 1 N–H and O–H groups in total. The van der Waals surface area contributed by atoms with Gasteiger partial charge in [0.2, 0.25) is 5.91 Å². The lowest BCUT2D eigenvalue weighted by Crippen LogP contribution is -2.44. The largest absolute Gasteiger partial charge is 0.383 e. The molecule has 10 heteroatoms. The number of amides is 3. The molecule has 2 rings (SSSR count). The molecule has 1 unspecified atom stereocenters. The summed E-state index contributed by atoms with van der Waals surface area (Å²) in [5.74, 6) is -2.04. The molecule has 1 aromatic rings. The van der Waals surface area contributed by atoms with E-state index in [2.05, 4.69) is 5.32 Å². The van der Waals surface area contributed by atoms with Crippen LogP contribution in [0.2, 0.25) is 20.1 Å². The molecule has 24 heavy (non-hydrogen) atoms. The van der Waals surface area contributed by atoms with E-state index in [1.807, 2.05) is 0 Å². The monoisotopic (exact) mass is 412 g/mol. The van der Waals surface area contributed by atoms with Crippen molar-refractivity contribution in [3.05, 3.63) is 31.2 Å². The van der Waals surface area contributed by atoms with Crippen LogP contribution in [0.25, 0.3) is 0 Å². The molecule has 0 radical (unpaired) electrons. The highest BCUT2D eigenvalue weighted by atomic mass is 35.5. The Balaban J connectivity index is 2.29. The maximum Gasteiger partial charge on any atom is 0.263 e. The zero-order valence-electron chi connectivity index (χ0n) is 12.6. The van der Waals surface area contributed by atoms with Crippen molar-refractivity contribution in [1.29, 1.82) is 0 Å². The number of hydrogen-bond acceptors (Lipinski definition) is 4. The maximum absolute atomic E-state index is 12.4. The Labute approximate surface area is 157 Å². The SMILES string of the molecule is COCC(C)NC(=O)CN1C(=O)c2c(Cl)c(Cl)c(Cl)c(Cl)c2C1=O. The number of imide groups is 1. The maximum atomic E-state index is 12.4. The van der Waals surface area contributed by atoms with Gasteiger partial charge in [0.05, 0.1) is 37.8 Å². The molecule has 1 aliphatic rings. The summed E-state index contributed by atoms with van der Waals surface area (Å²) in [4.78, 5) is 37.6. The minimum atomic E-state index is -0.755. The Morgan fingerprint density at radius 2 is 1.50 bits per heavy atom. The Morgan fingerprint density at radius 3 is 1.92 bits per heavy atom. The summed E-state index contributed by atoms with van der Waals surface area (Å²) in [5.41, 5.74) is -0.308. The first-order chi connectivity index (χ1) is 11.2. The number of ether oxygens (including phenoxy) is 1. The molecule has 0 bridgehead atoms. The van der Waals surface area contributed by atoms with E-state index >= 15 is 0 Å². The first-order valence-corrected chi connectivity index (χ1v) is 8.22. The topological polar surface area (TPSA) is 75.7 Å². The molecule has 0 saturated carbocycles. The van der Waals surface area contributed by atoms with Gasteiger partial charge in [-0.2, -0.15) is 0 Å². The average Bonchev–Trinajstić information content (AvgIpc) is 2.75. The number of halogens is 4. The normalized spacial score (nSPS) is 14.8. The summed E-state index contributed by atoms with van der Waals surface area (Å²) >= 11 is 23.8. The standard InChI is InChI=1S/C14H12Cl4N2O4/c1-5(4-24-2)19-6(21)3-20-13(22)7-8(14(20)23)10(16)12(18)11(17)9(7)15/h5H,3-4H2,1-2H3,(H,19,21). The van der Waals surface area contributed by atoms with Gasteiger partial charge in [0, 0.05) is 13.2 Å². The van der Waals surface area contributed by atoms with Crippen molar-refractivity contribution in [1.82, 2.24) is 10.2 Å². The zero-order valence-corrected chi connectivity index (χ0v) is 15.6. The fourth-order valence-corrected chi connectivity index (χ4v) is 3.31. The first-order valence-electron chi connectivity index (χ1n) is 6.71. The van der Waals surface area contributed by atoms with Crippen LogP contribution in [0, 0.1) is 0 Å². The molecule has 0 aliphatic carbocycles. The predicted octanol–water partition coefficient (Wildman–Crippen LogP) is 3.05. The van der Waals surface area contributed by atoms with Gasteiger partial charge in [0.15, 0.2) is 0 Å². The van der Waals surface area contributed by atoms with Crippen LogP contribution in [-0.2, 0) is 9.53 Å². The van der Waals surface area contributed by atoms with Gasteiger partial charge in [0.1, 0.15) is 6.54 Å². The van der Waals surface area contributed by atoms with E-state index in [1.54, 1.807) is 6.92 Å². The van der Waals surface area contributed by atoms with E-state index in [4.69, 9.17) is 51.1 Å². The van der Waals surface area contributed by atoms with Crippen LogP contribution < -0.4 is 5.32 Å². The van der Waals surface area contributed by atoms with Gasteiger partial charge in [-0.15, -0.1) is 0 Å². The number of nitrogens with zero attached hydrogens (tertiary/aromatic N) is 1. The highest BCUT2D eigenvalue weighted by molar-refractivity contribution is 6.55. The van der Waals surface area contributed by atoms with Crippen LogP contribution in [0.3, 0.4) is 0 Å². The van der Waals surface area contributed by atoms with Crippen molar-refractivity contribution >= 4 is 64.1 Å². The quantitative estimate of drug-likeness (QED) is 0.457. The van der Waals surface area contributed by atoms with E-state index in [0.29, 0.717) is 0 Å². The molecule has 0 saturated heterocycles. The second-order valence-electron chi connectivity index (χ2n) is 5.13. The highest BCUT2D eigenvalue weighted by Gasteiger charge is 2.42. The number of methoxy groups -OCH3 is 1. The van der Waals surface area contributed by atoms with Crippen molar-refractivity contribution in [2.45, 2.75) is 13.0 Å². The van der Waals surface area contributed by atoms with Crippen LogP contribution in [-0.4, -0.2) is 48.9 Å². The molecule has 0 spiro atoms. The number of nitrogens with one attached hydrogen (secondary N) is 1. The molecular formula is C14H12Cl4N2O4. The number of carbonyl (C=O) groups is 3. The average molecular weight is 414 g/mol. The van der Waals surface area contributed by atoms with Gasteiger partial charge >= 0.3 is 0 Å². The van der Waals surface area contributed by atoms with Gasteiger partial charge in [-0.25, -0.2) is 0 Å². The third-order valence-electron chi connectivity index (χ3n) is 3.31. The summed E-state index contributed by atoms with van der Waals surface area (Å²) in [7, 11) is 1.49. The Kier molecular flexibility index (Phi) is 5.99. The van der Waals surface area contributed by atoms with Gasteiger partial charge < -0.3 is 10.1 Å². The summed E-state index contributed by atoms with van der Waals surface area (Å²) in [5, 5.41) is 2.01. The van der Waals surface area contributed by atoms with Crippen LogP contribution in [0.5, 0.6) is 0 Å². The van der Waals surface area contributed by atoms with Crippen molar-refractivity contribution in [2.24, 2.45) is 0 Å². The summed E-state index contributed by atoms with van der Waals surface area (Å²) in [6, 6.07) is -0.284. The molecule has 3 amide bonds. The molecule has 1 aliphatic heterocycles. The van der Waals surface area contributed by atoms with Crippen LogP contribution in [0.4, 0.5) is 0 Å². The van der Waals surface area contributed by atoms with Crippen molar-refractivity contribution < 1.29 is 19.1 Å². The number of rotatable bonds is 5. The van der Waals surface area contributed by atoms with Crippen LogP contribution in [0.1, 0.15) is 27.6 Å². The fraction of sp³-hybridized carbons (Fsp3) is 0.357. The first kappa shape index (κ1) is 19.3. The Bertz CT molecular complexity index is 691. The minimum absolute atomic E-state index is 0.122. The van der Waals surface area contributed by atoms with Crippen LogP contribution >= 0.6 is 46.4 Å². The summed E-state index contributed by atoms with van der Waals surface area (Å²) < 4.78 is 4.90. The lowest BCUT2D eigenvalue weighted by Gasteiger charge is -2.17. The smallest absolute Gasteiger partial charge is 0.263 e. The number of fused-ring (bicyclic) bond motifs is 1. The Hall–Kier alpha value is -1.05. The number of benzene rings is 1. The number of hydrogen-bond donors (Lipinski definition) is 1. The molecule has 1 heterocycles. The van der Waals surface area contributed by atoms with Gasteiger partial charge in [-0.3, -0.25) is 19.3 Å². The van der Waals surface area contributed by atoms with E-state index in [1.165, 1.54) is 7.11 Å². The molecule has 1 atom stereocenters. The molecular weight excluding hydrogens is 402 g/mol. The fourth-order valence-electron chi connectivity index (χ4n) is 2.29. The molecule has 130 valence electrons. The van der Waals surface area contributed by atoms with Crippen molar-refractivity contribution in [3.8, 4) is 0 Å². The lowest BCUT2D eigenvalue weighted by atomic mass is 10.1. The third-order valence-corrected chi connectivity index (χ3v) is 5.11. The van der Waals surface area contributed by atoms with E-state index < -0.39 is 24.3 Å². The lowest BCUT2D eigenvalue weighted by molar-refractivity contribution is -0.122. The van der Waals surface area contributed by atoms with Crippen LogP contribution in [0.15, 0.2) is 0 Å². The number of carbonyl (C=O) groups excluding carboxylic acids is 3. The highest BCUT2D eigenvalue weighted by Crippen LogP contribution is 2.44. The van der Waals surface area contributed by atoms with Crippen molar-refractivity contribution in [3.63, 3.8) is 0 Å². The van der Waals surface area contributed by atoms with E-state index in [0.717, 1.165) is 4.90 Å². The minimum Gasteiger partial charge on any atom is -0.383 e. The summed E-state index contributed by atoms with van der Waals surface area (Å²) in [6.45, 7) is 1.52. The Morgan fingerprint density at radius 1 is 1.04 bits per heavy atom. The second-order valence-corrected chi connectivity index (χ2v) is 6.64. The molecule has 0 aromatic heterocycles. The van der Waals surface area contributed by atoms with E-state index in [-0.39, 0.29) is 43.9 Å². The molecule has 1 aromatic carbocycles. The van der Waals surface area contributed by atoms with Gasteiger partial charge in [-0.05, 0) is 6.92 Å². The van der Waals surface area contributed by atoms with Gasteiger partial charge in [0.25, 0.3) is 11.8 Å². The second kappa shape index (κ2) is 7.45. The van der Waals surface area contributed by atoms with Gasteiger partial charge in [-0.1, -0.05) is 46.4 Å². The third kappa shape index (κ3) is 3.34.